The Morgan fingerprint density at radius 3 is 2.56 bits per heavy atom. The summed E-state index contributed by atoms with van der Waals surface area (Å²) in [5, 5.41) is 0. The van der Waals surface area contributed by atoms with Gasteiger partial charge < -0.3 is 23.7 Å². The number of carbonyl (C=O) groups is 2. The second-order valence-electron chi connectivity index (χ2n) is 7.70. The Morgan fingerprint density at radius 2 is 1.88 bits per heavy atom. The zero-order valence-corrected chi connectivity index (χ0v) is 18.2. The summed E-state index contributed by atoms with van der Waals surface area (Å²) < 4.78 is 16.2. The van der Waals surface area contributed by atoms with Gasteiger partial charge in [0.05, 0.1) is 38.6 Å². The van der Waals surface area contributed by atoms with Crippen molar-refractivity contribution in [2.75, 3.05) is 25.7 Å². The van der Waals surface area contributed by atoms with Gasteiger partial charge in [-0.3, -0.25) is 9.59 Å². The molecule has 1 aliphatic heterocycles. The summed E-state index contributed by atoms with van der Waals surface area (Å²) in [6, 6.07) is 18.7. The normalized spacial score (nSPS) is 15.6. The number of anilines is 1. The Labute approximate surface area is 187 Å². The van der Waals surface area contributed by atoms with Crippen molar-refractivity contribution in [2.24, 2.45) is 5.92 Å². The van der Waals surface area contributed by atoms with Gasteiger partial charge in [-0.2, -0.15) is 0 Å². The second kappa shape index (κ2) is 9.60. The zero-order chi connectivity index (χ0) is 22.5. The molecule has 2 aromatic carbocycles. The lowest BCUT2D eigenvalue weighted by Crippen LogP contribution is -2.36. The predicted octanol–water partition coefficient (Wildman–Crippen LogP) is 3.88. The van der Waals surface area contributed by atoms with Crippen molar-refractivity contribution >= 4 is 17.5 Å². The molecule has 3 aromatic rings. The van der Waals surface area contributed by atoms with Gasteiger partial charge in [0.25, 0.3) is 0 Å². The third-order valence-electron chi connectivity index (χ3n) is 5.61. The second-order valence-corrected chi connectivity index (χ2v) is 7.70. The molecule has 0 saturated carbocycles. The highest BCUT2D eigenvalue weighted by Crippen LogP contribution is 2.36. The van der Waals surface area contributed by atoms with E-state index in [9.17, 15) is 9.59 Å². The number of nitrogens with zero attached hydrogens (tertiary/aromatic N) is 2. The van der Waals surface area contributed by atoms with Gasteiger partial charge in [-0.05, 0) is 29.8 Å². The van der Waals surface area contributed by atoms with Gasteiger partial charge in [0, 0.05) is 25.6 Å². The fourth-order valence-electron chi connectivity index (χ4n) is 3.98. The molecule has 32 heavy (non-hydrogen) atoms. The first-order valence-corrected chi connectivity index (χ1v) is 10.5. The Morgan fingerprint density at radius 1 is 1.06 bits per heavy atom. The standard InChI is InChI=1S/C25H26N2O5/c1-30-20-10-11-22(23(14-20)31-2)27-16-19(13-24(27)28)25(29)26(17-21-9-6-12-32-21)15-18-7-4-3-5-8-18/h3-12,14,19H,13,15-17H2,1-2H3. The van der Waals surface area contributed by atoms with Crippen LogP contribution in [-0.4, -0.2) is 37.5 Å². The van der Waals surface area contributed by atoms with E-state index in [2.05, 4.69) is 0 Å². The molecule has 1 aliphatic rings. The van der Waals surface area contributed by atoms with Crippen LogP contribution in [0.1, 0.15) is 17.7 Å². The molecule has 166 valence electrons. The summed E-state index contributed by atoms with van der Waals surface area (Å²) in [5.41, 5.74) is 1.65. The average molecular weight is 434 g/mol. The third-order valence-corrected chi connectivity index (χ3v) is 5.61. The van der Waals surface area contributed by atoms with Crippen molar-refractivity contribution in [2.45, 2.75) is 19.5 Å². The maximum atomic E-state index is 13.5. The molecule has 1 unspecified atom stereocenters. The summed E-state index contributed by atoms with van der Waals surface area (Å²) in [4.78, 5) is 29.7. The molecule has 7 heteroatoms. The number of hydrogen-bond donors (Lipinski definition) is 0. The number of methoxy groups -OCH3 is 2. The number of carbonyl (C=O) groups excluding carboxylic acids is 2. The van der Waals surface area contributed by atoms with E-state index >= 15 is 0 Å². The molecule has 0 spiro atoms. The first-order valence-electron chi connectivity index (χ1n) is 10.5. The Balaban J connectivity index is 1.55. The summed E-state index contributed by atoms with van der Waals surface area (Å²) in [6.07, 6.45) is 1.74. The molecule has 0 aliphatic carbocycles. The smallest absolute Gasteiger partial charge is 0.228 e. The van der Waals surface area contributed by atoms with Crippen LogP contribution in [0.4, 0.5) is 5.69 Å². The topological polar surface area (TPSA) is 72.2 Å². The van der Waals surface area contributed by atoms with Crippen LogP contribution in [0.2, 0.25) is 0 Å². The number of hydrogen-bond acceptors (Lipinski definition) is 5. The van der Waals surface area contributed by atoms with Crippen molar-refractivity contribution < 1.29 is 23.5 Å². The first-order chi connectivity index (χ1) is 15.6. The zero-order valence-electron chi connectivity index (χ0n) is 18.2. The van der Waals surface area contributed by atoms with Crippen molar-refractivity contribution in [1.82, 2.24) is 4.90 Å². The quantitative estimate of drug-likeness (QED) is 0.538. The molecule has 0 N–H and O–H groups in total. The molecule has 4 rings (SSSR count). The molecular weight excluding hydrogens is 408 g/mol. The van der Waals surface area contributed by atoms with Gasteiger partial charge in [-0.1, -0.05) is 30.3 Å². The van der Waals surface area contributed by atoms with E-state index in [1.807, 2.05) is 36.4 Å². The summed E-state index contributed by atoms with van der Waals surface area (Å²) in [5.74, 6) is 1.23. The molecule has 2 heterocycles. The summed E-state index contributed by atoms with van der Waals surface area (Å²) >= 11 is 0. The molecule has 1 atom stereocenters. The first kappa shape index (κ1) is 21.5. The van der Waals surface area contributed by atoms with E-state index in [0.717, 1.165) is 5.56 Å². The number of ether oxygens (including phenoxy) is 2. The van der Waals surface area contributed by atoms with Crippen LogP contribution in [0, 0.1) is 5.92 Å². The Bertz CT molecular complexity index is 1070. The predicted molar refractivity (Wildman–Crippen MR) is 119 cm³/mol. The van der Waals surface area contributed by atoms with Crippen molar-refractivity contribution in [1.29, 1.82) is 0 Å². The molecule has 0 bridgehead atoms. The maximum absolute atomic E-state index is 13.5. The molecule has 7 nitrogen and oxygen atoms in total. The van der Waals surface area contributed by atoms with E-state index in [-0.39, 0.29) is 18.2 Å². The molecule has 2 amide bonds. The van der Waals surface area contributed by atoms with Crippen molar-refractivity contribution in [3.05, 3.63) is 78.3 Å². The Hall–Kier alpha value is -3.74. The SMILES string of the molecule is COc1ccc(N2CC(C(=O)N(Cc3ccccc3)Cc3ccco3)CC2=O)c(OC)c1. The van der Waals surface area contributed by atoms with Gasteiger partial charge in [0.15, 0.2) is 0 Å². The van der Waals surface area contributed by atoms with Crippen LogP contribution < -0.4 is 14.4 Å². The van der Waals surface area contributed by atoms with Crippen LogP contribution in [-0.2, 0) is 22.7 Å². The van der Waals surface area contributed by atoms with E-state index in [4.69, 9.17) is 13.9 Å². The highest BCUT2D eigenvalue weighted by atomic mass is 16.5. The number of amides is 2. The van der Waals surface area contributed by atoms with E-state index < -0.39 is 5.92 Å². The van der Waals surface area contributed by atoms with Crippen LogP contribution in [0.3, 0.4) is 0 Å². The molecule has 1 saturated heterocycles. The fraction of sp³-hybridized carbons (Fsp3) is 0.280. The van der Waals surface area contributed by atoms with E-state index in [0.29, 0.717) is 42.6 Å². The van der Waals surface area contributed by atoms with E-state index in [1.54, 1.807) is 54.5 Å². The summed E-state index contributed by atoms with van der Waals surface area (Å²) in [7, 11) is 3.12. The van der Waals surface area contributed by atoms with Gasteiger partial charge >= 0.3 is 0 Å². The Kier molecular flexibility index (Phi) is 6.44. The largest absolute Gasteiger partial charge is 0.497 e. The highest BCUT2D eigenvalue weighted by molar-refractivity contribution is 6.01. The van der Waals surface area contributed by atoms with Gasteiger partial charge in [-0.25, -0.2) is 0 Å². The molecular formula is C25H26N2O5. The third kappa shape index (κ3) is 4.61. The van der Waals surface area contributed by atoms with Crippen molar-refractivity contribution in [3.63, 3.8) is 0 Å². The van der Waals surface area contributed by atoms with Gasteiger partial charge in [0.2, 0.25) is 11.8 Å². The minimum absolute atomic E-state index is 0.0754. The highest BCUT2D eigenvalue weighted by Gasteiger charge is 2.38. The van der Waals surface area contributed by atoms with E-state index in [1.165, 1.54) is 0 Å². The molecule has 0 radical (unpaired) electrons. The molecule has 1 fully saturated rings. The average Bonchev–Trinajstić information content (AvgIpc) is 3.48. The lowest BCUT2D eigenvalue weighted by molar-refractivity contribution is -0.137. The van der Waals surface area contributed by atoms with Crippen LogP contribution in [0.15, 0.2) is 71.3 Å². The number of rotatable bonds is 8. The van der Waals surface area contributed by atoms with Crippen LogP contribution >= 0.6 is 0 Å². The number of furan rings is 1. The van der Waals surface area contributed by atoms with Gasteiger partial charge in [-0.15, -0.1) is 0 Å². The van der Waals surface area contributed by atoms with Crippen LogP contribution in [0.25, 0.3) is 0 Å². The lowest BCUT2D eigenvalue weighted by Gasteiger charge is -2.25. The van der Waals surface area contributed by atoms with Crippen molar-refractivity contribution in [3.8, 4) is 11.5 Å². The van der Waals surface area contributed by atoms with Gasteiger partial charge in [0.1, 0.15) is 17.3 Å². The fourth-order valence-corrected chi connectivity index (χ4v) is 3.98. The molecule has 1 aromatic heterocycles. The monoisotopic (exact) mass is 434 g/mol. The number of benzene rings is 2. The lowest BCUT2D eigenvalue weighted by atomic mass is 10.1. The minimum atomic E-state index is -0.451. The van der Waals surface area contributed by atoms with Crippen LogP contribution in [0.5, 0.6) is 11.5 Å². The maximum Gasteiger partial charge on any atom is 0.228 e. The minimum Gasteiger partial charge on any atom is -0.497 e. The summed E-state index contributed by atoms with van der Waals surface area (Å²) in [6.45, 7) is 1.08.